The molecular formula is C20H22N2O. The first kappa shape index (κ1) is 14.6. The molecule has 118 valence electrons. The Morgan fingerprint density at radius 3 is 2.48 bits per heavy atom. The third-order valence-electron chi connectivity index (χ3n) is 5.22. The maximum atomic E-state index is 10.4. The van der Waals surface area contributed by atoms with Gasteiger partial charge in [-0.1, -0.05) is 42.5 Å². The van der Waals surface area contributed by atoms with Crippen molar-refractivity contribution >= 4 is 6.08 Å². The Bertz CT molecular complexity index is 671. The minimum Gasteiger partial charge on any atom is -0.391 e. The summed E-state index contributed by atoms with van der Waals surface area (Å²) in [7, 11) is 0. The van der Waals surface area contributed by atoms with Gasteiger partial charge in [0.15, 0.2) is 0 Å². The Hall–Kier alpha value is -1.97. The van der Waals surface area contributed by atoms with Gasteiger partial charge in [-0.2, -0.15) is 0 Å². The summed E-state index contributed by atoms with van der Waals surface area (Å²) in [6.45, 7) is 2.24. The van der Waals surface area contributed by atoms with E-state index in [1.165, 1.54) is 11.1 Å². The van der Waals surface area contributed by atoms with E-state index < -0.39 is 0 Å². The number of pyridine rings is 1. The largest absolute Gasteiger partial charge is 0.391 e. The molecule has 1 aromatic heterocycles. The van der Waals surface area contributed by atoms with Crippen molar-refractivity contribution < 1.29 is 5.11 Å². The molecule has 2 bridgehead atoms. The molecule has 2 aromatic rings. The van der Waals surface area contributed by atoms with Crippen LogP contribution in [0, 0.1) is 5.92 Å². The number of benzene rings is 1. The first-order valence-corrected chi connectivity index (χ1v) is 8.42. The number of hydrogen-bond donors (Lipinski definition) is 1. The molecule has 3 saturated heterocycles. The molecule has 0 amide bonds. The van der Waals surface area contributed by atoms with Gasteiger partial charge in [0.25, 0.3) is 0 Å². The minimum absolute atomic E-state index is 0.181. The highest BCUT2D eigenvalue weighted by molar-refractivity contribution is 5.64. The minimum atomic E-state index is -0.205. The van der Waals surface area contributed by atoms with Crippen LogP contribution in [0.5, 0.6) is 0 Å². The van der Waals surface area contributed by atoms with E-state index in [0.717, 1.165) is 31.5 Å². The number of piperidine rings is 3. The Morgan fingerprint density at radius 1 is 1.04 bits per heavy atom. The fourth-order valence-corrected chi connectivity index (χ4v) is 3.82. The van der Waals surface area contributed by atoms with Crippen LogP contribution in [0.15, 0.2) is 54.9 Å². The molecule has 3 nitrogen and oxygen atoms in total. The second-order valence-corrected chi connectivity index (χ2v) is 6.58. The zero-order valence-electron chi connectivity index (χ0n) is 13.2. The lowest BCUT2D eigenvalue weighted by Crippen LogP contribution is -2.56. The van der Waals surface area contributed by atoms with Gasteiger partial charge in [0.1, 0.15) is 0 Å². The second-order valence-electron chi connectivity index (χ2n) is 6.58. The van der Waals surface area contributed by atoms with E-state index in [0.29, 0.717) is 5.92 Å². The number of nitrogens with zero attached hydrogens (tertiary/aromatic N) is 2. The monoisotopic (exact) mass is 306 g/mol. The van der Waals surface area contributed by atoms with Crippen LogP contribution in [0.4, 0.5) is 0 Å². The smallest absolute Gasteiger partial charge is 0.0760 e. The molecule has 2 atom stereocenters. The number of hydrogen-bond acceptors (Lipinski definition) is 3. The Kier molecular flexibility index (Phi) is 3.98. The highest BCUT2D eigenvalue weighted by Gasteiger charge is 2.39. The first-order valence-electron chi connectivity index (χ1n) is 8.42. The number of aliphatic hydroxyl groups is 1. The third-order valence-corrected chi connectivity index (χ3v) is 5.22. The van der Waals surface area contributed by atoms with Crippen LogP contribution < -0.4 is 0 Å². The molecule has 0 aliphatic carbocycles. The van der Waals surface area contributed by atoms with Crippen molar-refractivity contribution in [3.05, 3.63) is 60.4 Å². The summed E-state index contributed by atoms with van der Waals surface area (Å²) in [5.41, 5.74) is 3.48. The van der Waals surface area contributed by atoms with E-state index in [-0.39, 0.29) is 12.1 Å². The number of fused-ring (bicyclic) bond motifs is 3. The van der Waals surface area contributed by atoms with Crippen molar-refractivity contribution in [3.63, 3.8) is 0 Å². The quantitative estimate of drug-likeness (QED) is 0.946. The molecule has 2 unspecified atom stereocenters. The van der Waals surface area contributed by atoms with E-state index in [1.54, 1.807) is 6.20 Å². The Morgan fingerprint density at radius 2 is 1.83 bits per heavy atom. The molecule has 23 heavy (non-hydrogen) atoms. The van der Waals surface area contributed by atoms with Gasteiger partial charge < -0.3 is 5.11 Å². The van der Waals surface area contributed by atoms with Crippen LogP contribution in [0.1, 0.15) is 18.4 Å². The third kappa shape index (κ3) is 2.94. The van der Waals surface area contributed by atoms with Crippen molar-refractivity contribution in [2.24, 2.45) is 5.92 Å². The number of aliphatic hydroxyl groups excluding tert-OH is 1. The van der Waals surface area contributed by atoms with Gasteiger partial charge in [0.2, 0.25) is 0 Å². The zero-order chi connectivity index (χ0) is 15.6. The van der Waals surface area contributed by atoms with E-state index in [9.17, 15) is 5.11 Å². The fraction of sp³-hybridized carbons (Fsp3) is 0.350. The molecule has 3 fully saturated rings. The molecule has 0 saturated carbocycles. The van der Waals surface area contributed by atoms with Gasteiger partial charge in [-0.3, -0.25) is 9.88 Å². The van der Waals surface area contributed by atoms with Crippen molar-refractivity contribution in [2.45, 2.75) is 25.0 Å². The highest BCUT2D eigenvalue weighted by atomic mass is 16.3. The van der Waals surface area contributed by atoms with Gasteiger partial charge in [0, 0.05) is 12.4 Å². The lowest BCUT2D eigenvalue weighted by molar-refractivity contribution is -0.0533. The summed E-state index contributed by atoms with van der Waals surface area (Å²) in [4.78, 5) is 6.57. The molecule has 1 aromatic carbocycles. The standard InChI is InChI=1S/C20H22N2O/c23-20-17-9-12-22(13-10-17)19(20)8-5-15-3-6-16(7-4-15)18-2-1-11-21-14-18/h1-8,11,14,17,19-20,23H,9-10,12-13H2. The van der Waals surface area contributed by atoms with Crippen molar-refractivity contribution in [1.29, 1.82) is 0 Å². The first-order chi connectivity index (χ1) is 11.3. The van der Waals surface area contributed by atoms with Gasteiger partial charge in [-0.05, 0) is 54.6 Å². The zero-order valence-corrected chi connectivity index (χ0v) is 13.2. The van der Waals surface area contributed by atoms with Crippen LogP contribution in [-0.2, 0) is 0 Å². The Balaban J connectivity index is 1.49. The molecule has 5 rings (SSSR count). The second kappa shape index (κ2) is 6.26. The normalized spacial score (nSPS) is 30.0. The predicted octanol–water partition coefficient (Wildman–Crippen LogP) is 3.22. The van der Waals surface area contributed by atoms with Gasteiger partial charge in [-0.25, -0.2) is 0 Å². The average Bonchev–Trinajstić information content (AvgIpc) is 2.63. The van der Waals surface area contributed by atoms with Crippen LogP contribution in [0.25, 0.3) is 17.2 Å². The fourth-order valence-electron chi connectivity index (χ4n) is 3.82. The topological polar surface area (TPSA) is 36.4 Å². The summed E-state index contributed by atoms with van der Waals surface area (Å²) < 4.78 is 0. The molecule has 3 aliphatic rings. The average molecular weight is 306 g/mol. The highest BCUT2D eigenvalue weighted by Crippen LogP contribution is 2.33. The van der Waals surface area contributed by atoms with Gasteiger partial charge in [0.05, 0.1) is 12.1 Å². The van der Waals surface area contributed by atoms with E-state index in [1.807, 2.05) is 12.3 Å². The van der Waals surface area contributed by atoms with Crippen molar-refractivity contribution in [1.82, 2.24) is 9.88 Å². The van der Waals surface area contributed by atoms with Crippen LogP contribution in [0.2, 0.25) is 0 Å². The van der Waals surface area contributed by atoms with E-state index in [4.69, 9.17) is 0 Å². The number of rotatable bonds is 3. The summed E-state index contributed by atoms with van der Waals surface area (Å²) in [5, 5.41) is 10.4. The summed E-state index contributed by atoms with van der Waals surface area (Å²) >= 11 is 0. The van der Waals surface area contributed by atoms with Crippen LogP contribution >= 0.6 is 0 Å². The van der Waals surface area contributed by atoms with Crippen molar-refractivity contribution in [3.8, 4) is 11.1 Å². The molecule has 4 heterocycles. The summed E-state index contributed by atoms with van der Waals surface area (Å²) in [5.74, 6) is 0.489. The van der Waals surface area contributed by atoms with Crippen molar-refractivity contribution in [2.75, 3.05) is 13.1 Å². The molecule has 3 aliphatic heterocycles. The lowest BCUT2D eigenvalue weighted by atomic mass is 9.80. The summed E-state index contributed by atoms with van der Waals surface area (Å²) in [6.07, 6.45) is 10.1. The molecule has 0 spiro atoms. The van der Waals surface area contributed by atoms with Gasteiger partial charge in [-0.15, -0.1) is 0 Å². The summed E-state index contributed by atoms with van der Waals surface area (Å²) in [6, 6.07) is 12.7. The predicted molar refractivity (Wildman–Crippen MR) is 92.8 cm³/mol. The lowest BCUT2D eigenvalue weighted by Gasteiger charge is -2.47. The number of aromatic nitrogens is 1. The molecule has 1 N–H and O–H groups in total. The van der Waals surface area contributed by atoms with E-state index >= 15 is 0 Å². The molecular weight excluding hydrogens is 284 g/mol. The molecule has 3 heteroatoms. The maximum absolute atomic E-state index is 10.4. The van der Waals surface area contributed by atoms with Crippen LogP contribution in [-0.4, -0.2) is 40.2 Å². The maximum Gasteiger partial charge on any atom is 0.0760 e. The van der Waals surface area contributed by atoms with Gasteiger partial charge >= 0.3 is 0 Å². The van der Waals surface area contributed by atoms with Crippen LogP contribution in [0.3, 0.4) is 0 Å². The molecule has 0 radical (unpaired) electrons. The SMILES string of the molecule is OC1C2CCN(CC2)C1C=Cc1ccc(-c2cccnc2)cc1. The van der Waals surface area contributed by atoms with E-state index in [2.05, 4.69) is 52.4 Å². The Labute approximate surface area is 137 Å².